The van der Waals surface area contributed by atoms with Gasteiger partial charge in [-0.1, -0.05) is 13.8 Å². The van der Waals surface area contributed by atoms with Crippen molar-refractivity contribution >= 4 is 5.91 Å². The first kappa shape index (κ1) is 11.8. The fourth-order valence-electron chi connectivity index (χ4n) is 1.48. The Hall–Kier alpha value is -1.29. The Morgan fingerprint density at radius 3 is 2.80 bits per heavy atom. The zero-order valence-electron chi connectivity index (χ0n) is 9.16. The molecule has 1 amide bonds. The SMILES string of the molecule is CC(C)CC(CO)NC(=O)c1ccc[nH]1. The van der Waals surface area contributed by atoms with Gasteiger partial charge in [-0.05, 0) is 24.5 Å². The van der Waals surface area contributed by atoms with Crippen LogP contribution in [0.15, 0.2) is 18.3 Å². The molecular formula is C11H18N2O2. The highest BCUT2D eigenvalue weighted by molar-refractivity contribution is 5.92. The van der Waals surface area contributed by atoms with Gasteiger partial charge in [-0.2, -0.15) is 0 Å². The van der Waals surface area contributed by atoms with Gasteiger partial charge in [0.15, 0.2) is 0 Å². The summed E-state index contributed by atoms with van der Waals surface area (Å²) in [5, 5.41) is 11.9. The maximum Gasteiger partial charge on any atom is 0.267 e. The highest BCUT2D eigenvalue weighted by Gasteiger charge is 2.14. The summed E-state index contributed by atoms with van der Waals surface area (Å²) in [4.78, 5) is 14.4. The molecule has 0 aliphatic heterocycles. The zero-order chi connectivity index (χ0) is 11.3. The van der Waals surface area contributed by atoms with Crippen LogP contribution in [0.2, 0.25) is 0 Å². The summed E-state index contributed by atoms with van der Waals surface area (Å²) in [6.45, 7) is 4.09. The van der Waals surface area contributed by atoms with Gasteiger partial charge in [0.25, 0.3) is 5.91 Å². The van der Waals surface area contributed by atoms with Crippen LogP contribution in [-0.2, 0) is 0 Å². The summed E-state index contributed by atoms with van der Waals surface area (Å²) >= 11 is 0. The first-order valence-electron chi connectivity index (χ1n) is 5.18. The Bertz CT molecular complexity index is 294. The molecule has 0 saturated heterocycles. The molecule has 0 bridgehead atoms. The third-order valence-electron chi connectivity index (χ3n) is 2.15. The van der Waals surface area contributed by atoms with E-state index >= 15 is 0 Å². The average Bonchev–Trinajstić information content (AvgIpc) is 2.68. The van der Waals surface area contributed by atoms with Gasteiger partial charge in [0.2, 0.25) is 0 Å². The summed E-state index contributed by atoms with van der Waals surface area (Å²) in [6.07, 6.45) is 2.48. The van der Waals surface area contributed by atoms with Crippen LogP contribution in [0.5, 0.6) is 0 Å². The zero-order valence-corrected chi connectivity index (χ0v) is 9.16. The number of amides is 1. The highest BCUT2D eigenvalue weighted by Crippen LogP contribution is 2.05. The minimum atomic E-state index is -0.167. The third kappa shape index (κ3) is 3.75. The second-order valence-corrected chi connectivity index (χ2v) is 4.07. The lowest BCUT2D eigenvalue weighted by Crippen LogP contribution is -2.38. The van der Waals surface area contributed by atoms with Gasteiger partial charge < -0.3 is 15.4 Å². The Kier molecular flexibility index (Phi) is 4.37. The van der Waals surface area contributed by atoms with E-state index in [0.717, 1.165) is 6.42 Å². The molecule has 1 atom stereocenters. The van der Waals surface area contributed by atoms with Crippen molar-refractivity contribution in [3.8, 4) is 0 Å². The van der Waals surface area contributed by atoms with Gasteiger partial charge in [-0.25, -0.2) is 0 Å². The average molecular weight is 210 g/mol. The molecule has 4 heteroatoms. The fourth-order valence-corrected chi connectivity index (χ4v) is 1.48. The monoisotopic (exact) mass is 210 g/mol. The van der Waals surface area contributed by atoms with E-state index in [1.807, 2.05) is 0 Å². The lowest BCUT2D eigenvalue weighted by atomic mass is 10.0. The van der Waals surface area contributed by atoms with Crippen LogP contribution in [-0.4, -0.2) is 28.6 Å². The molecule has 0 spiro atoms. The number of hydrogen-bond donors (Lipinski definition) is 3. The van der Waals surface area contributed by atoms with Crippen molar-refractivity contribution in [3.05, 3.63) is 24.0 Å². The number of hydrogen-bond acceptors (Lipinski definition) is 2. The van der Waals surface area contributed by atoms with Gasteiger partial charge in [-0.3, -0.25) is 4.79 Å². The molecule has 0 aromatic carbocycles. The quantitative estimate of drug-likeness (QED) is 0.682. The molecule has 0 aliphatic carbocycles. The molecule has 0 radical (unpaired) electrons. The van der Waals surface area contributed by atoms with Gasteiger partial charge in [0.1, 0.15) is 5.69 Å². The van der Waals surface area contributed by atoms with Crippen molar-refractivity contribution in [1.29, 1.82) is 0 Å². The number of aromatic nitrogens is 1. The van der Waals surface area contributed by atoms with E-state index in [0.29, 0.717) is 11.6 Å². The second kappa shape index (κ2) is 5.56. The van der Waals surface area contributed by atoms with Crippen molar-refractivity contribution in [2.24, 2.45) is 5.92 Å². The molecule has 1 unspecified atom stereocenters. The van der Waals surface area contributed by atoms with Crippen LogP contribution in [0, 0.1) is 5.92 Å². The number of aliphatic hydroxyl groups is 1. The van der Waals surface area contributed by atoms with Crippen LogP contribution in [0.4, 0.5) is 0 Å². The summed E-state index contributed by atoms with van der Waals surface area (Å²) in [6, 6.07) is 3.31. The largest absolute Gasteiger partial charge is 0.394 e. The lowest BCUT2D eigenvalue weighted by molar-refractivity contribution is 0.0904. The summed E-state index contributed by atoms with van der Waals surface area (Å²) in [5.41, 5.74) is 0.525. The first-order chi connectivity index (χ1) is 7.13. The molecule has 0 fully saturated rings. The predicted molar refractivity (Wildman–Crippen MR) is 58.6 cm³/mol. The van der Waals surface area contributed by atoms with Crippen molar-refractivity contribution in [1.82, 2.24) is 10.3 Å². The standard InChI is InChI=1S/C11H18N2O2/c1-8(2)6-9(7-14)13-11(15)10-4-3-5-12-10/h3-5,8-9,12,14H,6-7H2,1-2H3,(H,13,15). The fraction of sp³-hybridized carbons (Fsp3) is 0.545. The second-order valence-electron chi connectivity index (χ2n) is 4.07. The highest BCUT2D eigenvalue weighted by atomic mass is 16.3. The maximum atomic E-state index is 11.6. The Morgan fingerprint density at radius 2 is 2.33 bits per heavy atom. The van der Waals surface area contributed by atoms with Crippen molar-refractivity contribution in [3.63, 3.8) is 0 Å². The molecule has 1 aromatic heterocycles. The first-order valence-corrected chi connectivity index (χ1v) is 5.18. The minimum absolute atomic E-state index is 0.0232. The van der Waals surface area contributed by atoms with Gasteiger partial charge in [-0.15, -0.1) is 0 Å². The molecule has 15 heavy (non-hydrogen) atoms. The lowest BCUT2D eigenvalue weighted by Gasteiger charge is -2.17. The van der Waals surface area contributed by atoms with E-state index in [-0.39, 0.29) is 18.6 Å². The van der Waals surface area contributed by atoms with Gasteiger partial charge in [0.05, 0.1) is 12.6 Å². The molecule has 84 valence electrons. The molecule has 1 rings (SSSR count). The molecular weight excluding hydrogens is 192 g/mol. The van der Waals surface area contributed by atoms with Crippen LogP contribution in [0.1, 0.15) is 30.8 Å². The van der Waals surface area contributed by atoms with Gasteiger partial charge in [0, 0.05) is 6.20 Å². The van der Waals surface area contributed by atoms with E-state index < -0.39 is 0 Å². The normalized spacial score (nSPS) is 12.8. The Balaban J connectivity index is 2.48. The molecule has 4 nitrogen and oxygen atoms in total. The number of carbonyl (C=O) groups excluding carboxylic acids is 1. The number of aliphatic hydroxyl groups excluding tert-OH is 1. The van der Waals surface area contributed by atoms with Gasteiger partial charge >= 0.3 is 0 Å². The molecule has 0 aliphatic rings. The molecule has 1 aromatic rings. The van der Waals surface area contributed by atoms with Crippen LogP contribution >= 0.6 is 0 Å². The smallest absolute Gasteiger partial charge is 0.267 e. The Labute approximate surface area is 89.7 Å². The number of rotatable bonds is 5. The van der Waals surface area contributed by atoms with E-state index in [4.69, 9.17) is 5.11 Å². The number of aromatic amines is 1. The van der Waals surface area contributed by atoms with Crippen molar-refractivity contribution in [2.45, 2.75) is 26.3 Å². The van der Waals surface area contributed by atoms with Crippen molar-refractivity contribution < 1.29 is 9.90 Å². The predicted octanol–water partition coefficient (Wildman–Crippen LogP) is 1.15. The number of H-pyrrole nitrogens is 1. The van der Waals surface area contributed by atoms with Crippen LogP contribution in [0.25, 0.3) is 0 Å². The molecule has 0 saturated carbocycles. The third-order valence-corrected chi connectivity index (χ3v) is 2.15. The topological polar surface area (TPSA) is 65.1 Å². The van der Waals surface area contributed by atoms with E-state index in [1.165, 1.54) is 0 Å². The van der Waals surface area contributed by atoms with E-state index in [2.05, 4.69) is 24.1 Å². The summed E-state index contributed by atoms with van der Waals surface area (Å²) in [7, 11) is 0. The van der Waals surface area contributed by atoms with E-state index in [1.54, 1.807) is 18.3 Å². The number of nitrogens with one attached hydrogen (secondary N) is 2. The minimum Gasteiger partial charge on any atom is -0.394 e. The molecule has 1 heterocycles. The summed E-state index contributed by atoms with van der Waals surface area (Å²) in [5.74, 6) is 0.283. The van der Waals surface area contributed by atoms with E-state index in [9.17, 15) is 4.79 Å². The van der Waals surface area contributed by atoms with Crippen LogP contribution in [0.3, 0.4) is 0 Å². The number of carbonyl (C=O) groups is 1. The molecule has 3 N–H and O–H groups in total. The van der Waals surface area contributed by atoms with Crippen molar-refractivity contribution in [2.75, 3.05) is 6.61 Å². The summed E-state index contributed by atoms with van der Waals surface area (Å²) < 4.78 is 0. The Morgan fingerprint density at radius 1 is 1.60 bits per heavy atom. The van der Waals surface area contributed by atoms with Crippen LogP contribution < -0.4 is 5.32 Å². The maximum absolute atomic E-state index is 11.6.